The van der Waals surface area contributed by atoms with E-state index in [1.54, 1.807) is 0 Å². The van der Waals surface area contributed by atoms with E-state index in [1.165, 1.54) is 6.42 Å². The first kappa shape index (κ1) is 24.9. The number of hydrogen-bond acceptors (Lipinski definition) is 6. The van der Waals surface area contributed by atoms with Gasteiger partial charge >= 0.3 is 0 Å². The zero-order valence-corrected chi connectivity index (χ0v) is 17.3. The molecule has 0 aromatic rings. The highest BCUT2D eigenvalue weighted by Gasteiger charge is 2.09. The lowest BCUT2D eigenvalue weighted by Crippen LogP contribution is -2.32. The van der Waals surface area contributed by atoms with Gasteiger partial charge in [0.1, 0.15) is 12.7 Å². The van der Waals surface area contributed by atoms with Crippen LogP contribution in [0.5, 0.6) is 0 Å². The van der Waals surface area contributed by atoms with Crippen LogP contribution in [0.3, 0.4) is 0 Å². The minimum atomic E-state index is -0.135. The molecule has 7 heteroatoms. The van der Waals surface area contributed by atoms with Crippen LogP contribution in [0.15, 0.2) is 0 Å². The molecule has 1 unspecified atom stereocenters. The van der Waals surface area contributed by atoms with Crippen LogP contribution in [-0.4, -0.2) is 78.0 Å². The van der Waals surface area contributed by atoms with Gasteiger partial charge in [0.25, 0.3) is 0 Å². The third kappa shape index (κ3) is 15.8. The molecule has 0 aromatic carbocycles. The van der Waals surface area contributed by atoms with Crippen molar-refractivity contribution in [3.05, 3.63) is 0 Å². The van der Waals surface area contributed by atoms with E-state index in [1.807, 2.05) is 0 Å². The van der Waals surface area contributed by atoms with Gasteiger partial charge in [-0.3, -0.25) is 4.79 Å². The normalized spacial score (nSPS) is 16.7. The number of nitrogens with one attached hydrogen (secondary N) is 1. The molecule has 0 heterocycles. The quantitative estimate of drug-likeness (QED) is 0.298. The molecule has 28 heavy (non-hydrogen) atoms. The highest BCUT2D eigenvalue weighted by Crippen LogP contribution is 2.10. The Morgan fingerprint density at radius 3 is 2.21 bits per heavy atom. The summed E-state index contributed by atoms with van der Waals surface area (Å²) >= 11 is 0. The number of rotatable bonds is 17. The molecule has 0 fully saturated rings. The number of ether oxygens (including phenoxy) is 5. The van der Waals surface area contributed by atoms with E-state index in [0.717, 1.165) is 38.7 Å². The lowest BCUT2D eigenvalue weighted by atomic mass is 10.1. The maximum absolute atomic E-state index is 11.8. The van der Waals surface area contributed by atoms with Crippen molar-refractivity contribution in [3.63, 3.8) is 0 Å². The van der Waals surface area contributed by atoms with Gasteiger partial charge in [-0.2, -0.15) is 0 Å². The van der Waals surface area contributed by atoms with Gasteiger partial charge in [0.15, 0.2) is 0 Å². The van der Waals surface area contributed by atoms with Gasteiger partial charge in [-0.05, 0) is 25.7 Å². The second-order valence-corrected chi connectivity index (χ2v) is 6.52. The molecular weight excluding hydrogens is 362 g/mol. The average Bonchev–Trinajstić information content (AvgIpc) is 2.67. The average molecular weight is 400 g/mol. The molecule has 1 aliphatic rings. The van der Waals surface area contributed by atoms with Gasteiger partial charge in [0.05, 0.1) is 46.2 Å². The molecule has 1 aliphatic carbocycles. The van der Waals surface area contributed by atoms with Crippen LogP contribution in [-0.2, 0) is 28.5 Å². The fourth-order valence-electron chi connectivity index (χ4n) is 2.50. The molecule has 0 radical (unpaired) electrons. The maximum Gasteiger partial charge on any atom is 0.246 e. The molecule has 1 atom stereocenters. The summed E-state index contributed by atoms with van der Waals surface area (Å²) < 4.78 is 27.1. The molecule has 1 rings (SSSR count). The monoisotopic (exact) mass is 399 g/mol. The van der Waals surface area contributed by atoms with Crippen LogP contribution in [0.4, 0.5) is 0 Å². The standard InChI is InChI=1S/C21H37NO6/c1-2-11-24-13-15-26-17-18-27-16-14-25-12-10-22-21(23)19-28-20-8-6-4-3-5-7-9-20/h20H,2-6,8,10-19H2,1H3,(H,22,23). The van der Waals surface area contributed by atoms with Crippen molar-refractivity contribution in [2.45, 2.75) is 51.6 Å². The SMILES string of the molecule is CCCOCCOCCOCCOCCNC(=O)COC1C#CCCCCC1. The largest absolute Gasteiger partial charge is 0.379 e. The van der Waals surface area contributed by atoms with Crippen LogP contribution >= 0.6 is 0 Å². The number of carbonyl (C=O) groups is 1. The Morgan fingerprint density at radius 1 is 0.893 bits per heavy atom. The van der Waals surface area contributed by atoms with Gasteiger partial charge in [-0.25, -0.2) is 0 Å². The second kappa shape index (κ2) is 19.2. The van der Waals surface area contributed by atoms with Crippen LogP contribution in [0.25, 0.3) is 0 Å². The molecule has 1 amide bonds. The Labute approximate surface area is 169 Å². The molecule has 0 saturated carbocycles. The van der Waals surface area contributed by atoms with E-state index in [2.05, 4.69) is 24.1 Å². The molecule has 7 nitrogen and oxygen atoms in total. The van der Waals surface area contributed by atoms with Crippen molar-refractivity contribution in [1.82, 2.24) is 5.32 Å². The van der Waals surface area contributed by atoms with E-state index in [0.29, 0.717) is 52.8 Å². The minimum absolute atomic E-state index is 0.0476. The van der Waals surface area contributed by atoms with Crippen molar-refractivity contribution in [3.8, 4) is 11.8 Å². The number of hydrogen-bond donors (Lipinski definition) is 1. The van der Waals surface area contributed by atoms with Crippen molar-refractivity contribution >= 4 is 5.91 Å². The molecule has 0 saturated heterocycles. The maximum atomic E-state index is 11.8. The first-order chi connectivity index (χ1) is 13.8. The highest BCUT2D eigenvalue weighted by atomic mass is 16.6. The zero-order chi connectivity index (χ0) is 20.1. The summed E-state index contributed by atoms with van der Waals surface area (Å²) in [7, 11) is 0. The van der Waals surface area contributed by atoms with Crippen molar-refractivity contribution < 1.29 is 28.5 Å². The van der Waals surface area contributed by atoms with E-state index < -0.39 is 0 Å². The van der Waals surface area contributed by atoms with E-state index in [9.17, 15) is 4.79 Å². The second-order valence-electron chi connectivity index (χ2n) is 6.52. The summed E-state index contributed by atoms with van der Waals surface area (Å²) in [5, 5.41) is 2.78. The molecule has 162 valence electrons. The number of amides is 1. The molecule has 0 aliphatic heterocycles. The predicted molar refractivity (Wildman–Crippen MR) is 107 cm³/mol. The smallest absolute Gasteiger partial charge is 0.246 e. The Morgan fingerprint density at radius 2 is 1.54 bits per heavy atom. The fraction of sp³-hybridized carbons (Fsp3) is 0.857. The third-order valence-electron chi connectivity index (χ3n) is 3.98. The lowest BCUT2D eigenvalue weighted by molar-refractivity contribution is -0.127. The highest BCUT2D eigenvalue weighted by molar-refractivity contribution is 5.77. The minimum Gasteiger partial charge on any atom is -0.379 e. The van der Waals surface area contributed by atoms with Crippen LogP contribution in [0.2, 0.25) is 0 Å². The Kier molecular flexibility index (Phi) is 17.0. The van der Waals surface area contributed by atoms with Crippen LogP contribution < -0.4 is 5.32 Å². The van der Waals surface area contributed by atoms with E-state index in [-0.39, 0.29) is 18.6 Å². The zero-order valence-electron chi connectivity index (χ0n) is 17.3. The fourth-order valence-corrected chi connectivity index (χ4v) is 2.50. The molecule has 0 spiro atoms. The van der Waals surface area contributed by atoms with Crippen LogP contribution in [0, 0.1) is 11.8 Å². The Hall–Kier alpha value is -1.17. The summed E-state index contributed by atoms with van der Waals surface area (Å²) in [4.78, 5) is 11.8. The molecule has 0 aromatic heterocycles. The summed E-state index contributed by atoms with van der Waals surface area (Å²) in [6, 6.07) is 0. The van der Waals surface area contributed by atoms with Crippen LogP contribution in [0.1, 0.15) is 45.4 Å². The first-order valence-electron chi connectivity index (χ1n) is 10.5. The summed E-state index contributed by atoms with van der Waals surface area (Å²) in [5.74, 6) is 6.06. The molecular formula is C21H37NO6. The van der Waals surface area contributed by atoms with Crippen molar-refractivity contribution in [2.24, 2.45) is 0 Å². The molecule has 0 bridgehead atoms. The summed E-state index contributed by atoms with van der Waals surface area (Å²) in [5.41, 5.74) is 0. The predicted octanol–water partition coefficient (Wildman–Crippen LogP) is 1.93. The van der Waals surface area contributed by atoms with Gasteiger partial charge in [0, 0.05) is 19.6 Å². The van der Waals surface area contributed by atoms with Gasteiger partial charge in [-0.1, -0.05) is 19.3 Å². The van der Waals surface area contributed by atoms with E-state index in [4.69, 9.17) is 23.7 Å². The third-order valence-corrected chi connectivity index (χ3v) is 3.98. The Balaban J connectivity index is 1.82. The van der Waals surface area contributed by atoms with E-state index >= 15 is 0 Å². The topological polar surface area (TPSA) is 75.3 Å². The Bertz CT molecular complexity index is 434. The van der Waals surface area contributed by atoms with Gasteiger partial charge in [0.2, 0.25) is 5.91 Å². The summed E-state index contributed by atoms with van der Waals surface area (Å²) in [6.45, 7) is 7.12. The summed E-state index contributed by atoms with van der Waals surface area (Å²) in [6.07, 6.45) is 6.19. The first-order valence-corrected chi connectivity index (χ1v) is 10.5. The van der Waals surface area contributed by atoms with Gasteiger partial charge < -0.3 is 29.0 Å². The molecule has 1 N–H and O–H groups in total. The van der Waals surface area contributed by atoms with Crippen molar-refractivity contribution in [2.75, 3.05) is 66.0 Å². The van der Waals surface area contributed by atoms with Gasteiger partial charge in [-0.15, -0.1) is 5.92 Å². The lowest BCUT2D eigenvalue weighted by Gasteiger charge is -2.13. The number of carbonyl (C=O) groups excluding carboxylic acids is 1. The van der Waals surface area contributed by atoms with Crippen molar-refractivity contribution in [1.29, 1.82) is 0 Å².